The van der Waals surface area contributed by atoms with Crippen LogP contribution in [0, 0.1) is 5.92 Å². The Kier molecular flexibility index (Phi) is 3.14. The highest BCUT2D eigenvalue weighted by atomic mass is 16.5. The van der Waals surface area contributed by atoms with Crippen LogP contribution in [0.2, 0.25) is 0 Å². The maximum atomic E-state index is 12.2. The number of pyridine rings is 1. The Morgan fingerprint density at radius 2 is 2.22 bits per heavy atom. The average Bonchev–Trinajstić information content (AvgIpc) is 2.37. The van der Waals surface area contributed by atoms with Crippen molar-refractivity contribution in [2.75, 3.05) is 14.2 Å². The summed E-state index contributed by atoms with van der Waals surface area (Å²) in [4.78, 5) is 27.7. The van der Waals surface area contributed by atoms with Crippen LogP contribution in [-0.4, -0.2) is 31.0 Å². The lowest BCUT2D eigenvalue weighted by Gasteiger charge is -2.23. The first-order valence-electron chi connectivity index (χ1n) is 5.41. The number of ketones is 1. The molecular weight excluding hydrogens is 234 g/mol. The Hall–Kier alpha value is -2.17. The lowest BCUT2D eigenvalue weighted by molar-refractivity contribution is -0.142. The Morgan fingerprint density at radius 1 is 1.50 bits per heavy atom. The number of methoxy groups -OCH3 is 2. The molecule has 1 aromatic rings. The van der Waals surface area contributed by atoms with Gasteiger partial charge >= 0.3 is 5.97 Å². The molecule has 5 nitrogen and oxygen atoms in total. The molecule has 1 aromatic heterocycles. The monoisotopic (exact) mass is 247 g/mol. The van der Waals surface area contributed by atoms with Crippen molar-refractivity contribution >= 4 is 11.8 Å². The molecule has 0 saturated carbocycles. The lowest BCUT2D eigenvalue weighted by Crippen LogP contribution is -2.32. The van der Waals surface area contributed by atoms with Crippen molar-refractivity contribution in [1.29, 1.82) is 0 Å². The number of fused-ring (bicyclic) bond motifs is 1. The first-order chi connectivity index (χ1) is 8.58. The van der Waals surface area contributed by atoms with E-state index in [2.05, 4.69) is 16.3 Å². The zero-order chi connectivity index (χ0) is 13.3. The molecule has 2 rings (SSSR count). The van der Waals surface area contributed by atoms with Crippen molar-refractivity contribution in [1.82, 2.24) is 4.98 Å². The molecule has 1 heterocycles. The summed E-state index contributed by atoms with van der Waals surface area (Å²) in [6.07, 6.45) is 1.87. The first-order valence-corrected chi connectivity index (χ1v) is 5.41. The summed E-state index contributed by atoms with van der Waals surface area (Å²) >= 11 is 0. The van der Waals surface area contributed by atoms with E-state index in [9.17, 15) is 9.59 Å². The minimum atomic E-state index is -0.919. The maximum absolute atomic E-state index is 12.2. The van der Waals surface area contributed by atoms with Crippen molar-refractivity contribution < 1.29 is 19.1 Å². The molecule has 0 aliphatic heterocycles. The zero-order valence-corrected chi connectivity index (χ0v) is 10.2. The van der Waals surface area contributed by atoms with Crippen LogP contribution in [0.5, 0.6) is 5.88 Å². The number of carbonyl (C=O) groups is 2. The second-order valence-electron chi connectivity index (χ2n) is 4.04. The topological polar surface area (TPSA) is 65.5 Å². The maximum Gasteiger partial charge on any atom is 0.320 e. The number of aromatic nitrogens is 1. The molecule has 1 unspecified atom stereocenters. The molecule has 0 bridgehead atoms. The SMILES string of the molecule is C=C1Cc2cc(OC)ncc2C(=O)C1C(=O)OC. The number of ether oxygens (including phenoxy) is 2. The average molecular weight is 247 g/mol. The normalized spacial score (nSPS) is 18.2. The molecule has 0 aromatic carbocycles. The second-order valence-corrected chi connectivity index (χ2v) is 4.04. The third kappa shape index (κ3) is 1.88. The van der Waals surface area contributed by atoms with Gasteiger partial charge in [-0.15, -0.1) is 0 Å². The Balaban J connectivity index is 2.44. The minimum Gasteiger partial charge on any atom is -0.481 e. The fourth-order valence-electron chi connectivity index (χ4n) is 2.03. The van der Waals surface area contributed by atoms with Crippen LogP contribution in [0.15, 0.2) is 24.4 Å². The fourth-order valence-corrected chi connectivity index (χ4v) is 2.03. The zero-order valence-electron chi connectivity index (χ0n) is 10.2. The molecule has 94 valence electrons. The Labute approximate surface area is 104 Å². The van der Waals surface area contributed by atoms with Crippen LogP contribution in [0.4, 0.5) is 0 Å². The van der Waals surface area contributed by atoms with Gasteiger partial charge in [-0.05, 0) is 12.0 Å². The highest BCUT2D eigenvalue weighted by Crippen LogP contribution is 2.30. The van der Waals surface area contributed by atoms with Crippen LogP contribution < -0.4 is 4.74 Å². The summed E-state index contributed by atoms with van der Waals surface area (Å²) in [6.45, 7) is 3.79. The molecule has 0 saturated heterocycles. The summed E-state index contributed by atoms with van der Waals surface area (Å²) in [7, 11) is 2.76. The van der Waals surface area contributed by atoms with Crippen LogP contribution in [0.1, 0.15) is 15.9 Å². The van der Waals surface area contributed by atoms with E-state index in [4.69, 9.17) is 4.74 Å². The largest absolute Gasteiger partial charge is 0.481 e. The minimum absolute atomic E-state index is 0.316. The number of nitrogens with zero attached hydrogens (tertiary/aromatic N) is 1. The van der Waals surface area contributed by atoms with Crippen molar-refractivity contribution in [3.8, 4) is 5.88 Å². The van der Waals surface area contributed by atoms with Gasteiger partial charge in [0.15, 0.2) is 5.78 Å². The summed E-state index contributed by atoms with van der Waals surface area (Å²) in [5, 5.41) is 0. The highest BCUT2D eigenvalue weighted by Gasteiger charge is 2.36. The van der Waals surface area contributed by atoms with Crippen molar-refractivity contribution in [2.24, 2.45) is 5.92 Å². The van der Waals surface area contributed by atoms with Gasteiger partial charge in [0.05, 0.1) is 14.2 Å². The number of esters is 1. The van der Waals surface area contributed by atoms with Crippen molar-refractivity contribution in [3.63, 3.8) is 0 Å². The highest BCUT2D eigenvalue weighted by molar-refractivity contribution is 6.12. The first kappa shape index (κ1) is 12.3. The van der Waals surface area contributed by atoms with Gasteiger partial charge in [-0.2, -0.15) is 0 Å². The van der Waals surface area contributed by atoms with E-state index < -0.39 is 11.9 Å². The molecule has 1 atom stereocenters. The summed E-state index contributed by atoms with van der Waals surface area (Å²) in [5.74, 6) is -1.38. The molecule has 0 spiro atoms. The van der Waals surface area contributed by atoms with Gasteiger partial charge in [0.1, 0.15) is 5.92 Å². The third-order valence-electron chi connectivity index (χ3n) is 2.96. The van der Waals surface area contributed by atoms with Crippen LogP contribution in [-0.2, 0) is 16.0 Å². The summed E-state index contributed by atoms with van der Waals surface area (Å²) in [5.41, 5.74) is 1.74. The second kappa shape index (κ2) is 4.60. The van der Waals surface area contributed by atoms with Gasteiger partial charge in [0.2, 0.25) is 5.88 Å². The van der Waals surface area contributed by atoms with E-state index in [0.29, 0.717) is 23.4 Å². The van der Waals surface area contributed by atoms with Gasteiger partial charge in [0.25, 0.3) is 0 Å². The number of Topliss-reactive ketones (excluding diaryl/α,β-unsaturated/α-hetero) is 1. The molecular formula is C13H13NO4. The number of hydrogen-bond acceptors (Lipinski definition) is 5. The Morgan fingerprint density at radius 3 is 2.83 bits per heavy atom. The van der Waals surface area contributed by atoms with Gasteiger partial charge in [-0.1, -0.05) is 12.2 Å². The van der Waals surface area contributed by atoms with Gasteiger partial charge in [-0.3, -0.25) is 9.59 Å². The lowest BCUT2D eigenvalue weighted by atomic mass is 9.80. The fraction of sp³-hybridized carbons (Fsp3) is 0.308. The van der Waals surface area contributed by atoms with Crippen LogP contribution in [0.25, 0.3) is 0 Å². The van der Waals surface area contributed by atoms with E-state index in [1.165, 1.54) is 20.4 Å². The number of hydrogen-bond donors (Lipinski definition) is 0. The molecule has 0 N–H and O–H groups in total. The van der Waals surface area contributed by atoms with Crippen molar-refractivity contribution in [2.45, 2.75) is 6.42 Å². The predicted octanol–water partition coefficient (Wildman–Crippen LogP) is 1.17. The molecule has 1 aliphatic carbocycles. The van der Waals surface area contributed by atoms with E-state index in [1.54, 1.807) is 6.07 Å². The van der Waals surface area contributed by atoms with E-state index in [1.807, 2.05) is 0 Å². The van der Waals surface area contributed by atoms with Gasteiger partial charge in [-0.25, -0.2) is 4.98 Å². The van der Waals surface area contributed by atoms with Crippen molar-refractivity contribution in [3.05, 3.63) is 35.5 Å². The van der Waals surface area contributed by atoms with Gasteiger partial charge in [0, 0.05) is 17.8 Å². The quantitative estimate of drug-likeness (QED) is 0.446. The third-order valence-corrected chi connectivity index (χ3v) is 2.96. The predicted molar refractivity (Wildman–Crippen MR) is 63.5 cm³/mol. The molecule has 0 amide bonds. The van der Waals surface area contributed by atoms with Gasteiger partial charge < -0.3 is 9.47 Å². The van der Waals surface area contributed by atoms with E-state index in [0.717, 1.165) is 5.56 Å². The van der Waals surface area contributed by atoms with Crippen LogP contribution in [0.3, 0.4) is 0 Å². The molecule has 0 radical (unpaired) electrons. The Bertz CT molecular complexity index is 536. The molecule has 18 heavy (non-hydrogen) atoms. The van der Waals surface area contributed by atoms with Crippen LogP contribution >= 0.6 is 0 Å². The molecule has 1 aliphatic rings. The smallest absolute Gasteiger partial charge is 0.320 e. The number of rotatable bonds is 2. The number of carbonyl (C=O) groups excluding carboxylic acids is 2. The van der Waals surface area contributed by atoms with E-state index in [-0.39, 0.29) is 5.78 Å². The standard InChI is InChI=1S/C13H13NO4/c1-7-4-8-5-10(17-2)14-6-9(8)12(15)11(7)13(16)18-3/h5-6,11H,1,4H2,2-3H3. The summed E-state index contributed by atoms with van der Waals surface area (Å²) in [6, 6.07) is 1.69. The molecule has 5 heteroatoms. The van der Waals surface area contributed by atoms with E-state index >= 15 is 0 Å². The molecule has 0 fully saturated rings. The summed E-state index contributed by atoms with van der Waals surface area (Å²) < 4.78 is 9.63.